The van der Waals surface area contributed by atoms with Gasteiger partial charge in [-0.1, -0.05) is 0 Å². The maximum Gasteiger partial charge on any atom is 0.253 e. The Kier molecular flexibility index (Phi) is 3.93. The third-order valence-corrected chi connectivity index (χ3v) is 3.01. The van der Waals surface area contributed by atoms with E-state index < -0.39 is 6.10 Å². The van der Waals surface area contributed by atoms with Gasteiger partial charge in [-0.3, -0.25) is 9.78 Å². The number of rotatable bonds is 3. The molecule has 1 fully saturated rings. The fourth-order valence-corrected chi connectivity index (χ4v) is 1.94. The van der Waals surface area contributed by atoms with Crippen LogP contribution in [0.25, 0.3) is 0 Å². The Hall–Kier alpha value is -1.46. The van der Waals surface area contributed by atoms with Crippen LogP contribution in [0.2, 0.25) is 0 Å². The molecule has 1 aromatic heterocycles. The van der Waals surface area contributed by atoms with Crippen molar-refractivity contribution in [2.75, 3.05) is 5.32 Å². The molecule has 98 valence electrons. The lowest BCUT2D eigenvalue weighted by Gasteiger charge is -2.12. The quantitative estimate of drug-likeness (QED) is 0.855. The number of hydrogen-bond acceptors (Lipinski definition) is 4. The maximum absolute atomic E-state index is 11.9. The average Bonchev–Trinajstić information content (AvgIpc) is 2.76. The van der Waals surface area contributed by atoms with Crippen LogP contribution in [0, 0.1) is 0 Å². The second-order valence-electron chi connectivity index (χ2n) is 4.65. The second kappa shape index (κ2) is 5.46. The summed E-state index contributed by atoms with van der Waals surface area (Å²) in [6, 6.07) is 3.42. The van der Waals surface area contributed by atoms with Crippen LogP contribution < -0.4 is 5.32 Å². The van der Waals surface area contributed by atoms with E-state index in [-0.39, 0.29) is 18.1 Å². The molecular formula is C13H18N2O3. The van der Waals surface area contributed by atoms with Gasteiger partial charge < -0.3 is 15.2 Å². The molecule has 1 aliphatic heterocycles. The van der Waals surface area contributed by atoms with Crippen molar-refractivity contribution >= 4 is 11.6 Å². The standard InChI is InChI=1S/C13H18N2O3/c1-8-3-6-12(18-8)13(17)15-10-4-5-11(9(2)16)14-7-10/h4-5,7-9,12,16H,3,6H2,1-2H3,(H,15,17). The number of carbonyl (C=O) groups is 1. The number of hydrogen-bond donors (Lipinski definition) is 2. The van der Waals surface area contributed by atoms with Gasteiger partial charge in [-0.25, -0.2) is 0 Å². The first-order valence-corrected chi connectivity index (χ1v) is 6.16. The zero-order valence-electron chi connectivity index (χ0n) is 10.6. The van der Waals surface area contributed by atoms with Crippen molar-refractivity contribution in [2.45, 2.75) is 45.0 Å². The van der Waals surface area contributed by atoms with Crippen LogP contribution in [0.4, 0.5) is 5.69 Å². The maximum atomic E-state index is 11.9. The molecule has 0 spiro atoms. The van der Waals surface area contributed by atoms with E-state index in [1.807, 2.05) is 6.92 Å². The van der Waals surface area contributed by atoms with Gasteiger partial charge >= 0.3 is 0 Å². The number of amides is 1. The fourth-order valence-electron chi connectivity index (χ4n) is 1.94. The first kappa shape index (κ1) is 13.0. The lowest BCUT2D eigenvalue weighted by atomic mass is 10.2. The van der Waals surface area contributed by atoms with E-state index in [0.717, 1.165) is 12.8 Å². The molecule has 1 aliphatic rings. The molecule has 0 aliphatic carbocycles. The van der Waals surface area contributed by atoms with Gasteiger partial charge in [-0.15, -0.1) is 0 Å². The number of aliphatic hydroxyl groups is 1. The Morgan fingerprint density at radius 3 is 2.83 bits per heavy atom. The van der Waals surface area contributed by atoms with Gasteiger partial charge in [0.25, 0.3) is 5.91 Å². The monoisotopic (exact) mass is 250 g/mol. The molecule has 1 aromatic rings. The molecular weight excluding hydrogens is 232 g/mol. The van der Waals surface area contributed by atoms with Crippen LogP contribution in [-0.4, -0.2) is 28.2 Å². The van der Waals surface area contributed by atoms with Crippen molar-refractivity contribution in [3.8, 4) is 0 Å². The van der Waals surface area contributed by atoms with E-state index in [1.165, 1.54) is 0 Å². The van der Waals surface area contributed by atoms with Gasteiger partial charge in [0, 0.05) is 0 Å². The Bertz CT molecular complexity index is 417. The molecule has 1 amide bonds. The van der Waals surface area contributed by atoms with Gasteiger partial charge in [0.1, 0.15) is 6.10 Å². The Morgan fingerprint density at radius 1 is 1.56 bits per heavy atom. The van der Waals surface area contributed by atoms with Gasteiger partial charge in [-0.2, -0.15) is 0 Å². The normalized spacial score (nSPS) is 24.8. The average molecular weight is 250 g/mol. The highest BCUT2D eigenvalue weighted by Crippen LogP contribution is 2.20. The third kappa shape index (κ3) is 3.05. The van der Waals surface area contributed by atoms with Crippen molar-refractivity contribution in [1.82, 2.24) is 4.98 Å². The molecule has 18 heavy (non-hydrogen) atoms. The number of aromatic nitrogens is 1. The van der Waals surface area contributed by atoms with E-state index in [0.29, 0.717) is 11.4 Å². The van der Waals surface area contributed by atoms with E-state index in [9.17, 15) is 9.90 Å². The molecule has 2 rings (SSSR count). The molecule has 1 saturated heterocycles. The Balaban J connectivity index is 1.95. The first-order chi connectivity index (χ1) is 8.56. The predicted molar refractivity (Wildman–Crippen MR) is 67.1 cm³/mol. The van der Waals surface area contributed by atoms with Crippen LogP contribution in [0.1, 0.15) is 38.5 Å². The smallest absolute Gasteiger partial charge is 0.253 e. The minimum absolute atomic E-state index is 0.133. The van der Waals surface area contributed by atoms with Crippen LogP contribution in [0.15, 0.2) is 18.3 Å². The number of anilines is 1. The van der Waals surface area contributed by atoms with E-state index in [4.69, 9.17) is 4.74 Å². The predicted octanol–water partition coefficient (Wildman–Crippen LogP) is 1.64. The summed E-state index contributed by atoms with van der Waals surface area (Å²) in [6.45, 7) is 3.61. The lowest BCUT2D eigenvalue weighted by Crippen LogP contribution is -2.27. The summed E-state index contributed by atoms with van der Waals surface area (Å²) in [6.07, 6.45) is 2.39. The number of nitrogens with zero attached hydrogens (tertiary/aromatic N) is 1. The summed E-state index contributed by atoms with van der Waals surface area (Å²) >= 11 is 0. The van der Waals surface area contributed by atoms with Crippen LogP contribution in [-0.2, 0) is 9.53 Å². The van der Waals surface area contributed by atoms with E-state index in [2.05, 4.69) is 10.3 Å². The molecule has 3 atom stereocenters. The van der Waals surface area contributed by atoms with E-state index in [1.54, 1.807) is 25.3 Å². The number of ether oxygens (including phenoxy) is 1. The number of nitrogens with one attached hydrogen (secondary N) is 1. The lowest BCUT2D eigenvalue weighted by molar-refractivity contribution is -0.126. The van der Waals surface area contributed by atoms with Crippen LogP contribution in [0.3, 0.4) is 0 Å². The number of aliphatic hydroxyl groups excluding tert-OH is 1. The van der Waals surface area contributed by atoms with Crippen molar-refractivity contribution in [3.05, 3.63) is 24.0 Å². The minimum Gasteiger partial charge on any atom is -0.387 e. The largest absolute Gasteiger partial charge is 0.387 e. The fraction of sp³-hybridized carbons (Fsp3) is 0.538. The van der Waals surface area contributed by atoms with Gasteiger partial charge in [0.15, 0.2) is 0 Å². The first-order valence-electron chi connectivity index (χ1n) is 6.16. The highest BCUT2D eigenvalue weighted by Gasteiger charge is 2.28. The molecule has 2 heterocycles. The summed E-state index contributed by atoms with van der Waals surface area (Å²) in [7, 11) is 0. The Labute approximate surface area is 106 Å². The van der Waals surface area contributed by atoms with Crippen molar-refractivity contribution in [2.24, 2.45) is 0 Å². The topological polar surface area (TPSA) is 71.5 Å². The van der Waals surface area contributed by atoms with Crippen molar-refractivity contribution in [3.63, 3.8) is 0 Å². The Morgan fingerprint density at radius 2 is 2.33 bits per heavy atom. The summed E-state index contributed by atoms with van der Waals surface area (Å²) in [5.74, 6) is -0.133. The molecule has 0 saturated carbocycles. The zero-order chi connectivity index (χ0) is 13.1. The highest BCUT2D eigenvalue weighted by molar-refractivity contribution is 5.94. The van der Waals surface area contributed by atoms with Gasteiger partial charge in [0.05, 0.1) is 29.8 Å². The molecule has 0 bridgehead atoms. The molecule has 2 N–H and O–H groups in total. The summed E-state index contributed by atoms with van der Waals surface area (Å²) in [5, 5.41) is 12.1. The van der Waals surface area contributed by atoms with Crippen molar-refractivity contribution < 1.29 is 14.6 Å². The molecule has 5 nitrogen and oxygen atoms in total. The molecule has 5 heteroatoms. The zero-order valence-corrected chi connectivity index (χ0v) is 10.6. The number of pyridine rings is 1. The van der Waals surface area contributed by atoms with Gasteiger partial charge in [-0.05, 0) is 38.8 Å². The highest BCUT2D eigenvalue weighted by atomic mass is 16.5. The summed E-state index contributed by atoms with van der Waals surface area (Å²) < 4.78 is 5.48. The minimum atomic E-state index is -0.603. The van der Waals surface area contributed by atoms with Crippen LogP contribution >= 0.6 is 0 Å². The summed E-state index contributed by atoms with van der Waals surface area (Å²) in [5.41, 5.74) is 1.20. The van der Waals surface area contributed by atoms with Crippen LogP contribution in [0.5, 0.6) is 0 Å². The third-order valence-electron chi connectivity index (χ3n) is 3.01. The summed E-state index contributed by atoms with van der Waals surface area (Å²) in [4.78, 5) is 15.9. The number of carbonyl (C=O) groups excluding carboxylic acids is 1. The molecule has 0 radical (unpaired) electrons. The SMILES string of the molecule is CC1CCC(C(=O)Nc2ccc(C(C)O)nc2)O1. The molecule has 0 aromatic carbocycles. The second-order valence-corrected chi connectivity index (χ2v) is 4.65. The molecule has 3 unspecified atom stereocenters. The van der Waals surface area contributed by atoms with Gasteiger partial charge in [0.2, 0.25) is 0 Å². The van der Waals surface area contributed by atoms with Crippen molar-refractivity contribution in [1.29, 1.82) is 0 Å². The van der Waals surface area contributed by atoms with E-state index >= 15 is 0 Å².